The molecule has 0 aromatic carbocycles. The fourth-order valence-electron chi connectivity index (χ4n) is 0.905. The molecule has 0 radical (unpaired) electrons. The summed E-state index contributed by atoms with van der Waals surface area (Å²) < 4.78 is 25.7. The lowest BCUT2D eigenvalue weighted by atomic mass is 10.1. The molecule has 94 valence electrons. The first-order chi connectivity index (χ1) is 6.18. The second-order valence-corrected chi connectivity index (χ2v) is 6.53. The van der Waals surface area contributed by atoms with E-state index in [0.717, 1.165) is 0 Å². The summed E-state index contributed by atoms with van der Waals surface area (Å²) in [5.74, 6) is 0.571. The first kappa shape index (κ1) is 17.6. The van der Waals surface area contributed by atoms with Gasteiger partial charge in [0.1, 0.15) is 0 Å². The Kier molecular flexibility index (Phi) is 7.82. The lowest BCUT2D eigenvalue weighted by Gasteiger charge is -2.24. The van der Waals surface area contributed by atoms with Crippen molar-refractivity contribution in [3.8, 4) is 0 Å². The van der Waals surface area contributed by atoms with Gasteiger partial charge in [0.05, 0.1) is 5.75 Å². The van der Waals surface area contributed by atoms with E-state index in [9.17, 15) is 8.42 Å². The smallest absolute Gasteiger partial charge is 0.212 e. The lowest BCUT2D eigenvalue weighted by Crippen LogP contribution is -2.49. The molecule has 0 fully saturated rings. The number of hydrogen-bond acceptors (Lipinski definition) is 3. The second-order valence-electron chi connectivity index (χ2n) is 4.69. The molecule has 0 bridgehead atoms. The molecule has 0 aliphatic heterocycles. The van der Waals surface area contributed by atoms with E-state index in [0.29, 0.717) is 18.9 Å². The molecule has 0 aliphatic carbocycles. The van der Waals surface area contributed by atoms with Gasteiger partial charge in [0.2, 0.25) is 10.0 Å². The molecule has 0 aliphatic rings. The topological polar surface area (TPSA) is 72.2 Å². The van der Waals surface area contributed by atoms with E-state index < -0.39 is 15.6 Å². The van der Waals surface area contributed by atoms with Gasteiger partial charge in [0.15, 0.2) is 0 Å². The van der Waals surface area contributed by atoms with Crippen LogP contribution in [-0.4, -0.2) is 26.3 Å². The minimum Gasteiger partial charge on any atom is -0.329 e. The van der Waals surface area contributed by atoms with E-state index in [1.165, 1.54) is 0 Å². The van der Waals surface area contributed by atoms with Crippen molar-refractivity contribution >= 4 is 22.4 Å². The largest absolute Gasteiger partial charge is 0.329 e. The predicted molar refractivity (Wildman–Crippen MR) is 66.8 cm³/mol. The molecule has 0 unspecified atom stereocenters. The van der Waals surface area contributed by atoms with Crippen LogP contribution in [0.2, 0.25) is 0 Å². The minimum absolute atomic E-state index is 0. The highest BCUT2D eigenvalue weighted by Crippen LogP contribution is 2.06. The average molecular weight is 259 g/mol. The monoisotopic (exact) mass is 258 g/mol. The normalized spacial score (nSPS) is 12.7. The molecule has 6 heteroatoms. The number of halogens is 1. The second kappa shape index (κ2) is 6.68. The van der Waals surface area contributed by atoms with Crippen molar-refractivity contribution in [3.05, 3.63) is 0 Å². The Morgan fingerprint density at radius 3 is 2.13 bits per heavy atom. The highest BCUT2D eigenvalue weighted by atomic mass is 35.5. The van der Waals surface area contributed by atoms with Crippen LogP contribution in [0.3, 0.4) is 0 Å². The van der Waals surface area contributed by atoms with Gasteiger partial charge in [0.25, 0.3) is 0 Å². The summed E-state index contributed by atoms with van der Waals surface area (Å²) in [4.78, 5) is 0. The molecule has 0 spiro atoms. The summed E-state index contributed by atoms with van der Waals surface area (Å²) >= 11 is 0. The van der Waals surface area contributed by atoms with Gasteiger partial charge in [-0.3, -0.25) is 0 Å². The molecule has 4 nitrogen and oxygen atoms in total. The summed E-state index contributed by atoms with van der Waals surface area (Å²) in [5.41, 5.74) is 4.90. The summed E-state index contributed by atoms with van der Waals surface area (Å²) in [6.07, 6.45) is 0.677. The van der Waals surface area contributed by atoms with E-state index in [1.807, 2.05) is 13.8 Å². The van der Waals surface area contributed by atoms with Crippen LogP contribution in [-0.2, 0) is 10.0 Å². The maximum atomic E-state index is 11.5. The van der Waals surface area contributed by atoms with Crippen LogP contribution >= 0.6 is 12.4 Å². The van der Waals surface area contributed by atoms with Crippen LogP contribution in [0.1, 0.15) is 34.1 Å². The van der Waals surface area contributed by atoms with Crippen LogP contribution in [0.25, 0.3) is 0 Å². The molecule has 0 aromatic rings. The Bertz CT molecular complexity index is 263. The van der Waals surface area contributed by atoms with Crippen LogP contribution in [0.15, 0.2) is 0 Å². The molecule has 15 heavy (non-hydrogen) atoms. The van der Waals surface area contributed by atoms with Gasteiger partial charge in [0, 0.05) is 12.1 Å². The third-order valence-electron chi connectivity index (χ3n) is 1.91. The summed E-state index contributed by atoms with van der Waals surface area (Å²) in [6.45, 7) is 7.86. The molecule has 0 aromatic heterocycles. The van der Waals surface area contributed by atoms with Gasteiger partial charge >= 0.3 is 0 Å². The summed E-state index contributed by atoms with van der Waals surface area (Å²) in [7, 11) is -3.18. The number of sulfonamides is 1. The number of nitrogens with one attached hydrogen (secondary N) is 1. The Morgan fingerprint density at radius 2 is 1.80 bits per heavy atom. The predicted octanol–water partition coefficient (Wildman–Crippen LogP) is 1.11. The van der Waals surface area contributed by atoms with Gasteiger partial charge in [-0.2, -0.15) is 0 Å². The number of nitrogens with two attached hydrogens (primary N) is 1. The number of hydrogen-bond donors (Lipinski definition) is 2. The van der Waals surface area contributed by atoms with Gasteiger partial charge in [-0.1, -0.05) is 13.8 Å². The fraction of sp³-hybridized carbons (Fsp3) is 1.00. The van der Waals surface area contributed by atoms with E-state index in [-0.39, 0.29) is 18.2 Å². The van der Waals surface area contributed by atoms with E-state index in [2.05, 4.69) is 4.72 Å². The number of rotatable bonds is 6. The lowest BCUT2D eigenvalue weighted by molar-refractivity contribution is 0.459. The zero-order valence-electron chi connectivity index (χ0n) is 9.91. The van der Waals surface area contributed by atoms with Crippen molar-refractivity contribution in [1.29, 1.82) is 0 Å². The first-order valence-corrected chi connectivity index (χ1v) is 6.55. The molecule has 0 heterocycles. The van der Waals surface area contributed by atoms with Crippen LogP contribution in [0, 0.1) is 5.92 Å². The van der Waals surface area contributed by atoms with Gasteiger partial charge in [-0.15, -0.1) is 12.4 Å². The quantitative estimate of drug-likeness (QED) is 0.750. The van der Waals surface area contributed by atoms with E-state index in [4.69, 9.17) is 5.73 Å². The third kappa shape index (κ3) is 9.11. The first-order valence-electron chi connectivity index (χ1n) is 4.90. The van der Waals surface area contributed by atoms with Crippen LogP contribution < -0.4 is 10.5 Å². The molecule has 0 rings (SSSR count). The summed E-state index contributed by atoms with van der Waals surface area (Å²) in [5, 5.41) is 0. The standard InChI is InChI=1S/C9H22N2O2S.ClH/c1-8(2)5-6-14(12,13)11-9(3,4)7-10;/h8,11H,5-7,10H2,1-4H3;1H. The van der Waals surface area contributed by atoms with Gasteiger partial charge in [-0.25, -0.2) is 13.1 Å². The van der Waals surface area contributed by atoms with Crippen molar-refractivity contribution in [3.63, 3.8) is 0 Å². The van der Waals surface area contributed by atoms with Crippen molar-refractivity contribution in [2.75, 3.05) is 12.3 Å². The zero-order valence-corrected chi connectivity index (χ0v) is 11.5. The van der Waals surface area contributed by atoms with Crippen LogP contribution in [0.5, 0.6) is 0 Å². The molecular formula is C9H23ClN2O2S. The SMILES string of the molecule is CC(C)CCS(=O)(=O)NC(C)(C)CN.Cl. The fourth-order valence-corrected chi connectivity index (χ4v) is 2.71. The maximum Gasteiger partial charge on any atom is 0.212 e. The van der Waals surface area contributed by atoms with E-state index in [1.54, 1.807) is 13.8 Å². The minimum atomic E-state index is -3.18. The van der Waals surface area contributed by atoms with Crippen molar-refractivity contribution in [2.24, 2.45) is 11.7 Å². The molecule has 0 amide bonds. The Hall–Kier alpha value is 0.160. The summed E-state index contributed by atoms with van der Waals surface area (Å²) in [6, 6.07) is 0. The van der Waals surface area contributed by atoms with Crippen LogP contribution in [0.4, 0.5) is 0 Å². The molecule has 0 saturated heterocycles. The highest BCUT2D eigenvalue weighted by molar-refractivity contribution is 7.89. The maximum absolute atomic E-state index is 11.5. The van der Waals surface area contributed by atoms with Gasteiger partial charge < -0.3 is 5.73 Å². The molecule has 0 saturated carbocycles. The van der Waals surface area contributed by atoms with Crippen molar-refractivity contribution in [2.45, 2.75) is 39.7 Å². The molecular weight excluding hydrogens is 236 g/mol. The average Bonchev–Trinajstić information content (AvgIpc) is 1.99. The molecule has 3 N–H and O–H groups in total. The third-order valence-corrected chi connectivity index (χ3v) is 3.54. The van der Waals surface area contributed by atoms with Gasteiger partial charge in [-0.05, 0) is 26.2 Å². The van der Waals surface area contributed by atoms with Crippen molar-refractivity contribution < 1.29 is 8.42 Å². The molecule has 0 atom stereocenters. The van der Waals surface area contributed by atoms with Crippen molar-refractivity contribution in [1.82, 2.24) is 4.72 Å². The Morgan fingerprint density at radius 1 is 1.33 bits per heavy atom. The Labute approximate surface area is 99.5 Å². The zero-order chi connectivity index (χ0) is 11.4. The Balaban J connectivity index is 0. The highest BCUT2D eigenvalue weighted by Gasteiger charge is 2.22. The van der Waals surface area contributed by atoms with E-state index >= 15 is 0 Å².